The quantitative estimate of drug-likeness (QED) is 0.644. The van der Waals surface area contributed by atoms with Crippen LogP contribution in [-0.2, 0) is 7.05 Å². The van der Waals surface area contributed by atoms with Crippen LogP contribution in [0.4, 0.5) is 4.39 Å². The van der Waals surface area contributed by atoms with E-state index in [1.807, 2.05) is 0 Å². The van der Waals surface area contributed by atoms with Gasteiger partial charge in [0.05, 0.1) is 5.33 Å². The lowest BCUT2D eigenvalue weighted by Gasteiger charge is -2.01. The average molecular weight is 298 g/mol. The minimum Gasteiger partial charge on any atom is -0.291 e. The lowest BCUT2D eigenvalue weighted by Crippen LogP contribution is -2.09. The van der Waals surface area contributed by atoms with Gasteiger partial charge in [0.1, 0.15) is 17.2 Å². The Kier molecular flexibility index (Phi) is 3.33. The number of nitrogens with zero attached hydrogens (tertiary/aromatic N) is 3. The summed E-state index contributed by atoms with van der Waals surface area (Å²) in [4.78, 5) is 11.7. The maximum atomic E-state index is 12.8. The third-order valence-corrected chi connectivity index (χ3v) is 2.84. The molecule has 0 fully saturated rings. The van der Waals surface area contributed by atoms with E-state index >= 15 is 0 Å². The summed E-state index contributed by atoms with van der Waals surface area (Å²) in [6, 6.07) is 5.80. The van der Waals surface area contributed by atoms with Crippen molar-refractivity contribution in [2.45, 2.75) is 0 Å². The molecule has 0 aliphatic rings. The van der Waals surface area contributed by atoms with E-state index in [4.69, 9.17) is 0 Å². The smallest absolute Gasteiger partial charge is 0.193 e. The molecule has 2 aromatic rings. The van der Waals surface area contributed by atoms with Crippen LogP contribution in [0.1, 0.15) is 10.5 Å². The summed E-state index contributed by atoms with van der Waals surface area (Å²) in [7, 11) is 1.65. The predicted molar refractivity (Wildman–Crippen MR) is 64.5 cm³/mol. The number of alkyl halides is 1. The van der Waals surface area contributed by atoms with Crippen LogP contribution in [0.15, 0.2) is 24.3 Å². The molecule has 0 aliphatic heterocycles. The Labute approximate surface area is 106 Å². The zero-order valence-electron chi connectivity index (χ0n) is 9.02. The van der Waals surface area contributed by atoms with Gasteiger partial charge < -0.3 is 0 Å². The lowest BCUT2D eigenvalue weighted by atomic mass is 10.1. The molecule has 0 spiro atoms. The standard InChI is InChI=1S/C11H9BrFN3O/c1-16-11(9(17)6-12)10(14-15-16)7-2-4-8(13)5-3-7/h2-5H,6H2,1H3. The van der Waals surface area contributed by atoms with Crippen LogP contribution in [0.2, 0.25) is 0 Å². The number of aromatic nitrogens is 3. The van der Waals surface area contributed by atoms with Crippen LogP contribution in [0, 0.1) is 5.82 Å². The molecule has 0 unspecified atom stereocenters. The number of carbonyl (C=O) groups is 1. The van der Waals surface area contributed by atoms with Crippen molar-refractivity contribution in [1.82, 2.24) is 15.0 Å². The van der Waals surface area contributed by atoms with Crippen molar-refractivity contribution in [3.63, 3.8) is 0 Å². The van der Waals surface area contributed by atoms with Crippen LogP contribution in [0.25, 0.3) is 11.3 Å². The zero-order chi connectivity index (χ0) is 12.4. The Balaban J connectivity index is 2.52. The molecule has 1 heterocycles. The minimum atomic E-state index is -0.328. The number of Topliss-reactive ketones (excluding diaryl/α,β-unsaturated/α-hetero) is 1. The van der Waals surface area contributed by atoms with Crippen LogP contribution >= 0.6 is 15.9 Å². The third kappa shape index (κ3) is 2.26. The first-order valence-electron chi connectivity index (χ1n) is 4.88. The van der Waals surface area contributed by atoms with Gasteiger partial charge in [-0.2, -0.15) is 0 Å². The third-order valence-electron chi connectivity index (χ3n) is 2.33. The molecule has 0 radical (unpaired) electrons. The van der Waals surface area contributed by atoms with E-state index in [0.29, 0.717) is 17.0 Å². The number of benzene rings is 1. The summed E-state index contributed by atoms with van der Waals surface area (Å²) in [5, 5.41) is 7.95. The Morgan fingerprint density at radius 1 is 1.41 bits per heavy atom. The Morgan fingerprint density at radius 2 is 2.06 bits per heavy atom. The molecule has 88 valence electrons. The van der Waals surface area contributed by atoms with Gasteiger partial charge in [-0.15, -0.1) is 5.10 Å². The van der Waals surface area contributed by atoms with E-state index in [1.54, 1.807) is 19.2 Å². The van der Waals surface area contributed by atoms with E-state index in [1.165, 1.54) is 16.8 Å². The van der Waals surface area contributed by atoms with E-state index in [-0.39, 0.29) is 16.9 Å². The largest absolute Gasteiger partial charge is 0.291 e. The summed E-state index contributed by atoms with van der Waals surface area (Å²) >= 11 is 3.11. The summed E-state index contributed by atoms with van der Waals surface area (Å²) in [5.41, 5.74) is 1.55. The molecule has 0 bridgehead atoms. The fourth-order valence-electron chi connectivity index (χ4n) is 1.54. The van der Waals surface area contributed by atoms with Crippen molar-refractivity contribution < 1.29 is 9.18 Å². The number of rotatable bonds is 3. The number of carbonyl (C=O) groups excluding carboxylic acids is 1. The second-order valence-electron chi connectivity index (χ2n) is 3.47. The maximum Gasteiger partial charge on any atom is 0.193 e. The molecule has 0 saturated carbocycles. The van der Waals surface area contributed by atoms with Gasteiger partial charge in [0.25, 0.3) is 0 Å². The summed E-state index contributed by atoms with van der Waals surface area (Å²) < 4.78 is 14.2. The molecule has 1 aromatic heterocycles. The van der Waals surface area contributed by atoms with Gasteiger partial charge in [-0.05, 0) is 24.3 Å². The van der Waals surface area contributed by atoms with Crippen molar-refractivity contribution in [1.29, 1.82) is 0 Å². The molecule has 0 atom stereocenters. The van der Waals surface area contributed by atoms with E-state index in [2.05, 4.69) is 26.2 Å². The van der Waals surface area contributed by atoms with Crippen LogP contribution in [0.3, 0.4) is 0 Å². The summed E-state index contributed by atoms with van der Waals surface area (Å²) in [5.74, 6) is -0.442. The number of hydrogen-bond donors (Lipinski definition) is 0. The van der Waals surface area contributed by atoms with Gasteiger partial charge in [-0.1, -0.05) is 21.1 Å². The van der Waals surface area contributed by atoms with Gasteiger partial charge in [0, 0.05) is 12.6 Å². The molecule has 1 aromatic carbocycles. The van der Waals surface area contributed by atoms with E-state index < -0.39 is 0 Å². The van der Waals surface area contributed by atoms with Gasteiger partial charge in [0.2, 0.25) is 0 Å². The minimum absolute atomic E-state index is 0.114. The van der Waals surface area contributed by atoms with Crippen molar-refractivity contribution in [2.24, 2.45) is 7.05 Å². The molecule has 0 aliphatic carbocycles. The molecule has 0 N–H and O–H groups in total. The topological polar surface area (TPSA) is 47.8 Å². The SMILES string of the molecule is Cn1nnc(-c2ccc(F)cc2)c1C(=O)CBr. The van der Waals surface area contributed by atoms with Crippen molar-refractivity contribution >= 4 is 21.7 Å². The molecule has 17 heavy (non-hydrogen) atoms. The molecule has 4 nitrogen and oxygen atoms in total. The normalized spacial score (nSPS) is 10.5. The van der Waals surface area contributed by atoms with E-state index in [0.717, 1.165) is 0 Å². The van der Waals surface area contributed by atoms with Crippen LogP contribution in [-0.4, -0.2) is 26.1 Å². The maximum absolute atomic E-state index is 12.8. The number of ketones is 1. The lowest BCUT2D eigenvalue weighted by molar-refractivity contribution is 0.101. The van der Waals surface area contributed by atoms with E-state index in [9.17, 15) is 9.18 Å². The van der Waals surface area contributed by atoms with Crippen molar-refractivity contribution in [3.05, 3.63) is 35.8 Å². The molecular weight excluding hydrogens is 289 g/mol. The molecule has 0 amide bonds. The van der Waals surface area contributed by atoms with Crippen LogP contribution < -0.4 is 0 Å². The first-order valence-corrected chi connectivity index (χ1v) is 6.00. The fraction of sp³-hybridized carbons (Fsp3) is 0.182. The predicted octanol–water partition coefficient (Wildman–Crippen LogP) is 2.20. The monoisotopic (exact) mass is 297 g/mol. The second-order valence-corrected chi connectivity index (χ2v) is 4.03. The summed E-state index contributed by atoms with van der Waals surface area (Å²) in [6.07, 6.45) is 0. The summed E-state index contributed by atoms with van der Waals surface area (Å²) in [6.45, 7) is 0. The number of aryl methyl sites for hydroxylation is 1. The van der Waals surface area contributed by atoms with Crippen LogP contribution in [0.5, 0.6) is 0 Å². The number of hydrogen-bond acceptors (Lipinski definition) is 3. The Hall–Kier alpha value is -1.56. The highest BCUT2D eigenvalue weighted by atomic mass is 79.9. The molecule has 6 heteroatoms. The molecule has 0 saturated heterocycles. The molecular formula is C11H9BrFN3O. The molecule has 2 rings (SSSR count). The first kappa shape index (κ1) is 11.9. The highest BCUT2D eigenvalue weighted by Gasteiger charge is 2.18. The fourth-order valence-corrected chi connectivity index (χ4v) is 1.80. The second kappa shape index (κ2) is 4.75. The van der Waals surface area contributed by atoms with Crippen molar-refractivity contribution in [3.8, 4) is 11.3 Å². The highest BCUT2D eigenvalue weighted by molar-refractivity contribution is 9.09. The van der Waals surface area contributed by atoms with Gasteiger partial charge in [-0.25, -0.2) is 9.07 Å². The number of halogens is 2. The van der Waals surface area contributed by atoms with Gasteiger partial charge in [-0.3, -0.25) is 4.79 Å². The highest BCUT2D eigenvalue weighted by Crippen LogP contribution is 2.21. The average Bonchev–Trinajstić information content (AvgIpc) is 2.71. The van der Waals surface area contributed by atoms with Gasteiger partial charge >= 0.3 is 0 Å². The first-order chi connectivity index (χ1) is 8.13. The Morgan fingerprint density at radius 3 is 2.65 bits per heavy atom. The zero-order valence-corrected chi connectivity index (χ0v) is 10.6. The van der Waals surface area contributed by atoms with Gasteiger partial charge in [0.15, 0.2) is 5.78 Å². The Bertz CT molecular complexity index is 550. The van der Waals surface area contributed by atoms with Crippen molar-refractivity contribution in [2.75, 3.05) is 5.33 Å².